The van der Waals surface area contributed by atoms with Gasteiger partial charge in [0.2, 0.25) is 0 Å². The van der Waals surface area contributed by atoms with E-state index in [9.17, 15) is 8.94 Å². The molecule has 3 nitrogen and oxygen atoms in total. The topological polar surface area (TPSA) is 48.3 Å². The zero-order valence-electron chi connectivity index (χ0n) is 12.3. The number of pyridine rings is 1. The molecule has 0 aliphatic heterocycles. The van der Waals surface area contributed by atoms with Crippen molar-refractivity contribution in [3.8, 4) is 0 Å². The number of nitrogens with zero attached hydrogens (tertiary/aromatic N) is 2. The highest BCUT2D eigenvalue weighted by Crippen LogP contribution is 2.26. The molecule has 1 atom stereocenters. The van der Waals surface area contributed by atoms with Crippen LogP contribution in [0.2, 0.25) is 5.02 Å². The number of rotatable bonds is 2. The highest BCUT2D eigenvalue weighted by Gasteiger charge is 2.27. The summed E-state index contributed by atoms with van der Waals surface area (Å²) in [6.07, 6.45) is 1.51. The minimum Gasteiger partial charge on any atom is -0.591 e. The molecule has 0 radical (unpaired) electrons. The van der Waals surface area contributed by atoms with Crippen LogP contribution in [0.25, 0.3) is 10.9 Å². The maximum absolute atomic E-state index is 13.9. The molecule has 1 unspecified atom stereocenters. The minimum atomic E-state index is -1.38. The normalized spacial score (nSPS) is 14.5. The van der Waals surface area contributed by atoms with E-state index in [2.05, 4.69) is 9.38 Å². The van der Waals surface area contributed by atoms with E-state index in [1.807, 2.05) is 20.8 Å². The number of benzene rings is 1. The Labute approximate surface area is 131 Å². The van der Waals surface area contributed by atoms with Crippen LogP contribution < -0.4 is 0 Å². The van der Waals surface area contributed by atoms with Gasteiger partial charge >= 0.3 is 0 Å². The average molecular weight is 327 g/mol. The summed E-state index contributed by atoms with van der Waals surface area (Å²) >= 11 is 4.53. The molecule has 6 heteroatoms. The fraction of sp³-hybridized carbons (Fsp3) is 0.333. The van der Waals surface area contributed by atoms with Gasteiger partial charge in [-0.15, -0.1) is 0 Å². The zero-order valence-corrected chi connectivity index (χ0v) is 13.8. The standard InChI is InChI=1S/C15H16ClFN2OS/c1-9(19-21(20)15(2,3)4)11-5-6-18-14-12(11)7-10(16)8-13(14)17/h5-8H,1-4H3. The third-order valence-corrected chi connectivity index (χ3v) is 4.60. The van der Waals surface area contributed by atoms with Crippen molar-refractivity contribution >= 4 is 39.6 Å². The molecular weight excluding hydrogens is 311 g/mol. The molecule has 1 aromatic heterocycles. The highest BCUT2D eigenvalue weighted by atomic mass is 35.5. The van der Waals surface area contributed by atoms with Crippen molar-refractivity contribution in [2.24, 2.45) is 4.40 Å². The predicted molar refractivity (Wildman–Crippen MR) is 86.8 cm³/mol. The molecule has 0 spiro atoms. The summed E-state index contributed by atoms with van der Waals surface area (Å²) in [6.45, 7) is 7.29. The quantitative estimate of drug-likeness (QED) is 0.610. The largest absolute Gasteiger partial charge is 0.591 e. The summed E-state index contributed by atoms with van der Waals surface area (Å²) in [5, 5.41) is 0.855. The van der Waals surface area contributed by atoms with Gasteiger partial charge in [-0.2, -0.15) is 0 Å². The van der Waals surface area contributed by atoms with Gasteiger partial charge in [-0.1, -0.05) is 16.0 Å². The van der Waals surface area contributed by atoms with E-state index in [-0.39, 0.29) is 5.52 Å². The monoisotopic (exact) mass is 326 g/mol. The molecule has 2 aromatic rings. The second-order valence-electron chi connectivity index (χ2n) is 5.68. The lowest BCUT2D eigenvalue weighted by atomic mass is 10.1. The Balaban J connectivity index is 2.59. The van der Waals surface area contributed by atoms with E-state index < -0.39 is 21.9 Å². The van der Waals surface area contributed by atoms with Crippen molar-refractivity contribution in [3.05, 3.63) is 40.8 Å². The molecule has 0 aliphatic carbocycles. The van der Waals surface area contributed by atoms with E-state index in [1.165, 1.54) is 12.3 Å². The summed E-state index contributed by atoms with van der Waals surface area (Å²) in [5.74, 6) is -0.482. The number of fused-ring (bicyclic) bond motifs is 1. The average Bonchev–Trinajstić information content (AvgIpc) is 2.36. The Morgan fingerprint density at radius 3 is 2.67 bits per heavy atom. The van der Waals surface area contributed by atoms with Gasteiger partial charge in [0, 0.05) is 22.2 Å². The van der Waals surface area contributed by atoms with Crippen molar-refractivity contribution in [1.82, 2.24) is 4.98 Å². The molecular formula is C15H16ClFN2OS. The highest BCUT2D eigenvalue weighted by molar-refractivity contribution is 7.91. The molecule has 1 aromatic carbocycles. The van der Waals surface area contributed by atoms with Crippen LogP contribution in [0, 0.1) is 5.82 Å². The molecule has 1 heterocycles. The van der Waals surface area contributed by atoms with Crippen molar-refractivity contribution in [2.75, 3.05) is 0 Å². The van der Waals surface area contributed by atoms with Gasteiger partial charge < -0.3 is 4.55 Å². The second-order valence-corrected chi connectivity index (χ2v) is 8.02. The Morgan fingerprint density at radius 1 is 1.38 bits per heavy atom. The smallest absolute Gasteiger partial charge is 0.150 e. The van der Waals surface area contributed by atoms with Crippen molar-refractivity contribution in [3.63, 3.8) is 0 Å². The van der Waals surface area contributed by atoms with Gasteiger partial charge in [0.15, 0.2) is 5.82 Å². The Morgan fingerprint density at radius 2 is 2.05 bits per heavy atom. The molecule has 0 bridgehead atoms. The molecule has 21 heavy (non-hydrogen) atoms. The van der Waals surface area contributed by atoms with E-state index in [0.717, 1.165) is 0 Å². The van der Waals surface area contributed by atoms with Gasteiger partial charge in [0.05, 0.1) is 5.71 Å². The van der Waals surface area contributed by atoms with Crippen LogP contribution in [0.3, 0.4) is 0 Å². The van der Waals surface area contributed by atoms with Crippen LogP contribution in [0.15, 0.2) is 28.8 Å². The SMILES string of the molecule is CC(=N[S+]([O-])C(C)(C)C)c1ccnc2c(F)cc(Cl)cc12. The molecule has 0 saturated heterocycles. The fourth-order valence-corrected chi connectivity index (χ4v) is 2.63. The van der Waals surface area contributed by atoms with Crippen LogP contribution in [-0.4, -0.2) is 20.0 Å². The molecule has 0 N–H and O–H groups in total. The van der Waals surface area contributed by atoms with Gasteiger partial charge in [0.25, 0.3) is 0 Å². The molecule has 0 saturated carbocycles. The predicted octanol–water partition coefficient (Wildman–Crippen LogP) is 4.30. The van der Waals surface area contributed by atoms with Gasteiger partial charge in [0.1, 0.15) is 21.6 Å². The van der Waals surface area contributed by atoms with E-state index in [0.29, 0.717) is 21.7 Å². The van der Waals surface area contributed by atoms with Crippen molar-refractivity contribution < 1.29 is 8.94 Å². The van der Waals surface area contributed by atoms with Crippen molar-refractivity contribution in [1.29, 1.82) is 0 Å². The number of hydrogen-bond donors (Lipinski definition) is 0. The summed E-state index contributed by atoms with van der Waals surface area (Å²) in [5.41, 5.74) is 1.48. The molecule has 0 aliphatic rings. The number of aromatic nitrogens is 1. The van der Waals surface area contributed by atoms with Crippen molar-refractivity contribution in [2.45, 2.75) is 32.4 Å². The van der Waals surface area contributed by atoms with E-state index in [4.69, 9.17) is 11.6 Å². The minimum absolute atomic E-state index is 0.230. The van der Waals surface area contributed by atoms with Crippen LogP contribution in [0.4, 0.5) is 4.39 Å². The Hall–Kier alpha value is -1.17. The lowest BCUT2D eigenvalue weighted by Crippen LogP contribution is -2.26. The van der Waals surface area contributed by atoms with Gasteiger partial charge in [-0.05, 0) is 45.9 Å². The number of hydrogen-bond acceptors (Lipinski definition) is 3. The summed E-state index contributed by atoms with van der Waals surface area (Å²) in [7, 11) is 0. The van der Waals surface area contributed by atoms with E-state index in [1.54, 1.807) is 19.1 Å². The van der Waals surface area contributed by atoms with Crippen LogP contribution in [0.1, 0.15) is 33.3 Å². The third-order valence-electron chi connectivity index (χ3n) is 2.90. The fourth-order valence-electron chi connectivity index (χ4n) is 1.80. The Bertz CT molecular complexity index is 713. The van der Waals surface area contributed by atoms with Crippen LogP contribution >= 0.6 is 11.6 Å². The van der Waals surface area contributed by atoms with Crippen LogP contribution in [-0.2, 0) is 11.4 Å². The lowest BCUT2D eigenvalue weighted by molar-refractivity contribution is 0.561. The molecule has 2 rings (SSSR count). The first-order valence-corrected chi connectivity index (χ1v) is 7.90. The van der Waals surface area contributed by atoms with Gasteiger partial charge in [-0.25, -0.2) is 4.39 Å². The number of halogens is 2. The third kappa shape index (κ3) is 3.54. The van der Waals surface area contributed by atoms with E-state index >= 15 is 0 Å². The molecule has 0 fully saturated rings. The lowest BCUT2D eigenvalue weighted by Gasteiger charge is -2.19. The molecule has 112 valence electrons. The molecule has 0 amide bonds. The maximum Gasteiger partial charge on any atom is 0.150 e. The first kappa shape index (κ1) is 16.2. The maximum atomic E-state index is 13.9. The first-order valence-electron chi connectivity index (χ1n) is 6.41. The second kappa shape index (κ2) is 5.91. The summed E-state index contributed by atoms with van der Waals surface area (Å²) in [4.78, 5) is 4.03. The summed E-state index contributed by atoms with van der Waals surface area (Å²) in [6, 6.07) is 4.58. The summed E-state index contributed by atoms with van der Waals surface area (Å²) < 4.78 is 29.8. The zero-order chi connectivity index (χ0) is 15.8. The van der Waals surface area contributed by atoms with Gasteiger partial charge in [-0.3, -0.25) is 4.98 Å². The van der Waals surface area contributed by atoms with Crippen LogP contribution in [0.5, 0.6) is 0 Å². The first-order chi connectivity index (χ1) is 9.70. The Kier molecular flexibility index (Phi) is 4.56.